The number of ether oxygens (including phenoxy) is 1. The second kappa shape index (κ2) is 11.3. The summed E-state index contributed by atoms with van der Waals surface area (Å²) in [5, 5.41) is 2.09. The third kappa shape index (κ3) is 6.13. The second-order valence-electron chi connectivity index (χ2n) is 9.54. The standard InChI is InChI=1S/C31H36O2/c1-3-5-6-7-23-8-12-25(13-9-23)26-14-10-24(11-15-26)22-33-30-19-18-27-20-29(31(32)4-2)17-16-28(27)21-30/h4,10-11,14-21,23,25H,2-3,5-9,12-13,22H2,1H3. The zero-order chi connectivity index (χ0) is 23.0. The minimum Gasteiger partial charge on any atom is -0.489 e. The third-order valence-electron chi connectivity index (χ3n) is 7.20. The highest BCUT2D eigenvalue weighted by Gasteiger charge is 2.22. The Labute approximate surface area is 198 Å². The Kier molecular flexibility index (Phi) is 7.99. The minimum atomic E-state index is -0.0549. The fourth-order valence-electron chi connectivity index (χ4n) is 5.10. The van der Waals surface area contributed by atoms with Gasteiger partial charge in [-0.25, -0.2) is 0 Å². The molecular weight excluding hydrogens is 404 g/mol. The number of allylic oxidation sites excluding steroid dienone is 1. The quantitative estimate of drug-likeness (QED) is 0.179. The molecule has 0 amide bonds. The van der Waals surface area contributed by atoms with Gasteiger partial charge in [0.2, 0.25) is 0 Å². The second-order valence-corrected chi connectivity index (χ2v) is 9.54. The summed E-state index contributed by atoms with van der Waals surface area (Å²) in [7, 11) is 0. The van der Waals surface area contributed by atoms with Gasteiger partial charge in [-0.05, 0) is 83.7 Å². The van der Waals surface area contributed by atoms with Crippen LogP contribution in [0.5, 0.6) is 5.75 Å². The first kappa shape index (κ1) is 23.3. The van der Waals surface area contributed by atoms with E-state index in [1.165, 1.54) is 68.6 Å². The van der Waals surface area contributed by atoms with Crippen molar-refractivity contribution in [2.24, 2.45) is 5.92 Å². The van der Waals surface area contributed by atoms with Gasteiger partial charge in [-0.2, -0.15) is 0 Å². The van der Waals surface area contributed by atoms with E-state index in [4.69, 9.17) is 4.74 Å². The van der Waals surface area contributed by atoms with Crippen molar-refractivity contribution in [2.45, 2.75) is 70.8 Å². The number of unbranched alkanes of at least 4 members (excludes halogenated alkanes) is 2. The molecule has 1 aliphatic carbocycles. The summed E-state index contributed by atoms with van der Waals surface area (Å²) in [4.78, 5) is 11.8. The first-order valence-electron chi connectivity index (χ1n) is 12.6. The van der Waals surface area contributed by atoms with Crippen LogP contribution in [0.15, 0.2) is 73.3 Å². The van der Waals surface area contributed by atoms with Crippen LogP contribution in [0.1, 0.15) is 85.7 Å². The van der Waals surface area contributed by atoms with E-state index in [2.05, 4.69) is 37.8 Å². The molecule has 0 heterocycles. The van der Waals surface area contributed by atoms with E-state index >= 15 is 0 Å². The lowest BCUT2D eigenvalue weighted by Gasteiger charge is -2.29. The number of fused-ring (bicyclic) bond motifs is 1. The molecule has 0 saturated heterocycles. The average molecular weight is 441 g/mol. The van der Waals surface area contributed by atoms with E-state index in [-0.39, 0.29) is 5.78 Å². The van der Waals surface area contributed by atoms with Gasteiger partial charge in [0.15, 0.2) is 5.78 Å². The molecule has 2 nitrogen and oxygen atoms in total. The van der Waals surface area contributed by atoms with Crippen molar-refractivity contribution in [3.63, 3.8) is 0 Å². The van der Waals surface area contributed by atoms with Gasteiger partial charge in [-0.15, -0.1) is 0 Å². The number of benzene rings is 3. The summed E-state index contributed by atoms with van der Waals surface area (Å²) in [6.45, 7) is 6.41. The molecule has 3 aromatic carbocycles. The number of hydrogen-bond donors (Lipinski definition) is 0. The van der Waals surface area contributed by atoms with Crippen LogP contribution in [0.25, 0.3) is 10.8 Å². The maximum Gasteiger partial charge on any atom is 0.185 e. The summed E-state index contributed by atoms with van der Waals surface area (Å²) >= 11 is 0. The molecule has 0 unspecified atom stereocenters. The number of rotatable bonds is 10. The van der Waals surface area contributed by atoms with Gasteiger partial charge in [-0.1, -0.05) is 81.7 Å². The highest BCUT2D eigenvalue weighted by atomic mass is 16.5. The van der Waals surface area contributed by atoms with Crippen molar-refractivity contribution in [3.8, 4) is 5.75 Å². The summed E-state index contributed by atoms with van der Waals surface area (Å²) in [6.07, 6.45) is 12.4. The molecule has 4 rings (SSSR count). The van der Waals surface area contributed by atoms with Crippen LogP contribution in [-0.4, -0.2) is 5.78 Å². The fraction of sp³-hybridized carbons (Fsp3) is 0.387. The summed E-state index contributed by atoms with van der Waals surface area (Å²) in [5.41, 5.74) is 3.34. The Hall–Kier alpha value is -2.87. The molecule has 0 aromatic heterocycles. The molecule has 0 aliphatic heterocycles. The Bertz CT molecular complexity index is 1070. The molecule has 0 spiro atoms. The SMILES string of the molecule is C=CC(=O)c1ccc2cc(OCc3ccc(C4CCC(CCCCC)CC4)cc3)ccc2c1. The molecule has 33 heavy (non-hydrogen) atoms. The lowest BCUT2D eigenvalue weighted by Crippen LogP contribution is -2.13. The van der Waals surface area contributed by atoms with Gasteiger partial charge in [0.25, 0.3) is 0 Å². The first-order valence-corrected chi connectivity index (χ1v) is 12.6. The average Bonchev–Trinajstić information content (AvgIpc) is 2.87. The zero-order valence-electron chi connectivity index (χ0n) is 19.9. The molecule has 172 valence electrons. The smallest absolute Gasteiger partial charge is 0.185 e. The maximum absolute atomic E-state index is 11.8. The van der Waals surface area contributed by atoms with E-state index in [1.807, 2.05) is 36.4 Å². The van der Waals surface area contributed by atoms with Gasteiger partial charge >= 0.3 is 0 Å². The van der Waals surface area contributed by atoms with E-state index in [0.29, 0.717) is 12.2 Å². The maximum atomic E-state index is 11.8. The van der Waals surface area contributed by atoms with Crippen molar-refractivity contribution in [1.29, 1.82) is 0 Å². The molecule has 1 aliphatic rings. The van der Waals surface area contributed by atoms with Crippen LogP contribution in [-0.2, 0) is 6.61 Å². The zero-order valence-corrected chi connectivity index (χ0v) is 19.9. The van der Waals surface area contributed by atoms with E-state index < -0.39 is 0 Å². The normalized spacial score (nSPS) is 18.2. The van der Waals surface area contributed by atoms with Crippen LogP contribution < -0.4 is 4.74 Å². The minimum absolute atomic E-state index is 0.0549. The van der Waals surface area contributed by atoms with E-state index in [9.17, 15) is 4.79 Å². The largest absolute Gasteiger partial charge is 0.489 e. The van der Waals surface area contributed by atoms with Gasteiger partial charge < -0.3 is 4.74 Å². The van der Waals surface area contributed by atoms with Gasteiger partial charge in [-0.3, -0.25) is 4.79 Å². The van der Waals surface area contributed by atoms with Crippen LogP contribution in [0, 0.1) is 5.92 Å². The molecule has 1 saturated carbocycles. The summed E-state index contributed by atoms with van der Waals surface area (Å²) in [5.74, 6) is 2.47. The number of hydrogen-bond acceptors (Lipinski definition) is 2. The number of carbonyl (C=O) groups is 1. The Morgan fingerprint density at radius 3 is 2.39 bits per heavy atom. The molecule has 0 N–H and O–H groups in total. The van der Waals surface area contributed by atoms with Crippen LogP contribution in [0.4, 0.5) is 0 Å². The van der Waals surface area contributed by atoms with E-state index in [0.717, 1.165) is 28.4 Å². The summed E-state index contributed by atoms with van der Waals surface area (Å²) < 4.78 is 6.06. The number of carbonyl (C=O) groups excluding carboxylic acids is 1. The van der Waals surface area contributed by atoms with E-state index in [1.54, 1.807) is 0 Å². The predicted octanol–water partition coefficient (Wildman–Crippen LogP) is 8.64. The van der Waals surface area contributed by atoms with Crippen molar-refractivity contribution in [3.05, 3.63) is 90.0 Å². The molecule has 2 heteroatoms. The molecule has 3 aromatic rings. The van der Waals surface area contributed by atoms with Gasteiger partial charge in [0, 0.05) is 5.56 Å². The monoisotopic (exact) mass is 440 g/mol. The first-order chi connectivity index (χ1) is 16.2. The molecule has 0 radical (unpaired) electrons. The molecular formula is C31H36O2. The third-order valence-corrected chi connectivity index (χ3v) is 7.20. The topological polar surface area (TPSA) is 26.3 Å². The van der Waals surface area contributed by atoms with Crippen LogP contribution in [0.3, 0.4) is 0 Å². The van der Waals surface area contributed by atoms with Crippen molar-refractivity contribution < 1.29 is 9.53 Å². The molecule has 0 atom stereocenters. The lowest BCUT2D eigenvalue weighted by atomic mass is 9.77. The highest BCUT2D eigenvalue weighted by Crippen LogP contribution is 2.37. The van der Waals surface area contributed by atoms with Gasteiger partial charge in [0.1, 0.15) is 12.4 Å². The Morgan fingerprint density at radius 2 is 1.67 bits per heavy atom. The Balaban J connectivity index is 1.30. The lowest BCUT2D eigenvalue weighted by molar-refractivity contribution is 0.104. The molecule has 1 fully saturated rings. The Morgan fingerprint density at radius 1 is 0.939 bits per heavy atom. The van der Waals surface area contributed by atoms with Crippen LogP contribution >= 0.6 is 0 Å². The molecule has 0 bridgehead atoms. The highest BCUT2D eigenvalue weighted by molar-refractivity contribution is 6.06. The van der Waals surface area contributed by atoms with Crippen LogP contribution in [0.2, 0.25) is 0 Å². The van der Waals surface area contributed by atoms with Gasteiger partial charge in [0.05, 0.1) is 0 Å². The van der Waals surface area contributed by atoms with Crippen molar-refractivity contribution in [2.75, 3.05) is 0 Å². The number of ketones is 1. The summed E-state index contributed by atoms with van der Waals surface area (Å²) in [6, 6.07) is 20.8. The van der Waals surface area contributed by atoms with Crippen molar-refractivity contribution >= 4 is 16.6 Å². The fourth-order valence-corrected chi connectivity index (χ4v) is 5.10. The predicted molar refractivity (Wildman–Crippen MR) is 138 cm³/mol. The van der Waals surface area contributed by atoms with Crippen molar-refractivity contribution in [1.82, 2.24) is 0 Å².